The molecule has 2 heterocycles. The van der Waals surface area contributed by atoms with E-state index in [1.807, 2.05) is 18.2 Å². The minimum atomic E-state index is -0.479. The van der Waals surface area contributed by atoms with Crippen LogP contribution in [0.5, 0.6) is 0 Å². The molecule has 2 unspecified atom stereocenters. The standard InChI is InChI=1S/C19H23ClN2O/c1-4-6-7-8-12-22-17(16-10-9-11-21-16)13-15(5-2)18(14(3)20)19(22)23/h4-8,12-13,15-16,18,21H,1-3,9-11H2/b7-6-,12-8+/t15?,16-,18?/m0/s1. The molecule has 23 heavy (non-hydrogen) atoms. The third-order valence-electron chi connectivity index (χ3n) is 4.15. The molecule has 1 amide bonds. The van der Waals surface area contributed by atoms with Crippen molar-refractivity contribution in [1.82, 2.24) is 10.2 Å². The molecule has 4 heteroatoms. The summed E-state index contributed by atoms with van der Waals surface area (Å²) in [4.78, 5) is 14.6. The average Bonchev–Trinajstić information content (AvgIpc) is 3.05. The molecule has 1 fully saturated rings. The Hall–Kier alpha value is -1.84. The third kappa shape index (κ3) is 3.92. The van der Waals surface area contributed by atoms with Gasteiger partial charge in [-0.15, -0.1) is 6.58 Å². The summed E-state index contributed by atoms with van der Waals surface area (Å²) < 4.78 is 0. The van der Waals surface area contributed by atoms with Crippen molar-refractivity contribution in [1.29, 1.82) is 0 Å². The highest BCUT2D eigenvalue weighted by Crippen LogP contribution is 2.36. The van der Waals surface area contributed by atoms with Crippen molar-refractivity contribution in [3.8, 4) is 0 Å². The van der Waals surface area contributed by atoms with Crippen LogP contribution in [0.25, 0.3) is 0 Å². The second-order valence-electron chi connectivity index (χ2n) is 5.65. The van der Waals surface area contributed by atoms with Crippen LogP contribution < -0.4 is 5.32 Å². The predicted molar refractivity (Wildman–Crippen MR) is 96.6 cm³/mol. The minimum absolute atomic E-state index is 0.0654. The number of rotatable bonds is 6. The van der Waals surface area contributed by atoms with Gasteiger partial charge in [-0.2, -0.15) is 0 Å². The van der Waals surface area contributed by atoms with E-state index in [1.165, 1.54) is 0 Å². The maximum atomic E-state index is 12.9. The summed E-state index contributed by atoms with van der Waals surface area (Å²) in [5, 5.41) is 3.79. The van der Waals surface area contributed by atoms with E-state index in [9.17, 15) is 4.79 Å². The SMILES string of the molecule is C=C/C=C\C=C\N1C(=O)C(C(=C)Cl)C(C=C)C=C1[C@@H]1CCCN1. The number of carbonyl (C=O) groups excluding carboxylic acids is 1. The number of hydrogen-bond acceptors (Lipinski definition) is 2. The van der Waals surface area contributed by atoms with Crippen molar-refractivity contribution in [2.24, 2.45) is 11.8 Å². The fourth-order valence-corrected chi connectivity index (χ4v) is 3.26. The number of allylic oxidation sites excluding steroid dienone is 6. The number of halogens is 1. The molecule has 2 rings (SSSR count). The number of nitrogens with zero attached hydrogens (tertiary/aromatic N) is 1. The first-order valence-corrected chi connectivity index (χ1v) is 8.19. The van der Waals surface area contributed by atoms with E-state index >= 15 is 0 Å². The van der Waals surface area contributed by atoms with Gasteiger partial charge >= 0.3 is 0 Å². The molecule has 2 aliphatic heterocycles. The van der Waals surface area contributed by atoms with Gasteiger partial charge in [-0.05, 0) is 25.5 Å². The molecule has 0 bridgehead atoms. The van der Waals surface area contributed by atoms with Gasteiger partial charge in [0.05, 0.1) is 5.92 Å². The highest BCUT2D eigenvalue weighted by atomic mass is 35.5. The molecule has 0 aliphatic carbocycles. The van der Waals surface area contributed by atoms with Crippen molar-refractivity contribution in [3.63, 3.8) is 0 Å². The maximum absolute atomic E-state index is 12.9. The van der Waals surface area contributed by atoms with Crippen LogP contribution >= 0.6 is 11.6 Å². The highest BCUT2D eigenvalue weighted by Gasteiger charge is 2.38. The summed E-state index contributed by atoms with van der Waals surface area (Å²) in [7, 11) is 0. The summed E-state index contributed by atoms with van der Waals surface area (Å²) in [5.74, 6) is -0.671. The van der Waals surface area contributed by atoms with Gasteiger partial charge in [0.25, 0.3) is 0 Å². The molecule has 1 saturated heterocycles. The number of hydrogen-bond donors (Lipinski definition) is 1. The number of carbonyl (C=O) groups is 1. The van der Waals surface area contributed by atoms with E-state index in [1.54, 1.807) is 23.3 Å². The van der Waals surface area contributed by atoms with Crippen molar-refractivity contribution < 1.29 is 4.79 Å². The first kappa shape index (κ1) is 17.5. The first-order chi connectivity index (χ1) is 11.1. The lowest BCUT2D eigenvalue weighted by Crippen LogP contribution is -2.44. The minimum Gasteiger partial charge on any atom is -0.309 e. The van der Waals surface area contributed by atoms with Gasteiger partial charge in [0.2, 0.25) is 5.91 Å². The van der Waals surface area contributed by atoms with Crippen molar-refractivity contribution in [3.05, 3.63) is 73.1 Å². The molecule has 2 aliphatic rings. The summed E-state index contributed by atoms with van der Waals surface area (Å²) in [6.07, 6.45) is 14.9. The van der Waals surface area contributed by atoms with Gasteiger partial charge in [0.15, 0.2) is 0 Å². The Kier molecular flexibility index (Phi) is 6.20. The fraction of sp³-hybridized carbons (Fsp3) is 0.316. The molecule has 1 N–H and O–H groups in total. The Morgan fingerprint density at radius 2 is 2.13 bits per heavy atom. The number of amides is 1. The van der Waals surface area contributed by atoms with Crippen LogP contribution in [-0.4, -0.2) is 23.4 Å². The Labute approximate surface area is 143 Å². The molecule has 0 aromatic heterocycles. The molecule has 0 saturated carbocycles. The second kappa shape index (κ2) is 8.14. The van der Waals surface area contributed by atoms with E-state index < -0.39 is 5.92 Å². The number of nitrogens with one attached hydrogen (secondary N) is 1. The lowest BCUT2D eigenvalue weighted by atomic mass is 9.85. The van der Waals surface area contributed by atoms with E-state index in [-0.39, 0.29) is 17.9 Å². The molecule has 122 valence electrons. The molecule has 3 atom stereocenters. The quantitative estimate of drug-likeness (QED) is 0.592. The van der Waals surface area contributed by atoms with Gasteiger partial charge < -0.3 is 5.32 Å². The van der Waals surface area contributed by atoms with Crippen LogP contribution in [0.1, 0.15) is 12.8 Å². The Morgan fingerprint density at radius 3 is 2.70 bits per heavy atom. The maximum Gasteiger partial charge on any atom is 0.240 e. The van der Waals surface area contributed by atoms with Gasteiger partial charge in [-0.3, -0.25) is 9.69 Å². The molecular formula is C19H23ClN2O. The lowest BCUT2D eigenvalue weighted by Gasteiger charge is -2.36. The zero-order valence-electron chi connectivity index (χ0n) is 13.2. The summed E-state index contributed by atoms with van der Waals surface area (Å²) in [6.45, 7) is 12.2. The summed E-state index contributed by atoms with van der Waals surface area (Å²) in [5.41, 5.74) is 0.967. The van der Waals surface area contributed by atoms with Gasteiger partial charge in [-0.25, -0.2) is 0 Å². The molecule has 3 nitrogen and oxygen atoms in total. The van der Waals surface area contributed by atoms with E-state index in [0.717, 1.165) is 25.1 Å². The van der Waals surface area contributed by atoms with Crippen LogP contribution in [0.2, 0.25) is 0 Å². The van der Waals surface area contributed by atoms with E-state index in [0.29, 0.717) is 5.03 Å². The lowest BCUT2D eigenvalue weighted by molar-refractivity contribution is -0.131. The predicted octanol–water partition coefficient (Wildman–Crippen LogP) is 3.89. The average molecular weight is 331 g/mol. The Bertz CT molecular complexity index is 582. The second-order valence-corrected chi connectivity index (χ2v) is 6.13. The van der Waals surface area contributed by atoms with Crippen LogP contribution in [0.15, 0.2) is 73.1 Å². The zero-order chi connectivity index (χ0) is 16.8. The molecule has 0 spiro atoms. The summed E-state index contributed by atoms with van der Waals surface area (Å²) in [6, 6.07) is 0.180. The van der Waals surface area contributed by atoms with E-state index in [4.69, 9.17) is 11.6 Å². The third-order valence-corrected chi connectivity index (χ3v) is 4.39. The monoisotopic (exact) mass is 330 g/mol. The van der Waals surface area contributed by atoms with Gasteiger partial charge in [0, 0.05) is 28.9 Å². The summed E-state index contributed by atoms with van der Waals surface area (Å²) >= 11 is 6.10. The Morgan fingerprint density at radius 1 is 1.35 bits per heavy atom. The van der Waals surface area contributed by atoms with E-state index in [2.05, 4.69) is 31.1 Å². The van der Waals surface area contributed by atoms with Crippen molar-refractivity contribution >= 4 is 17.5 Å². The van der Waals surface area contributed by atoms with Gasteiger partial charge in [0.1, 0.15) is 0 Å². The van der Waals surface area contributed by atoms with Crippen molar-refractivity contribution in [2.45, 2.75) is 18.9 Å². The normalized spacial score (nSPS) is 28.4. The van der Waals surface area contributed by atoms with Crippen LogP contribution in [0.4, 0.5) is 0 Å². The molecule has 0 aromatic carbocycles. The largest absolute Gasteiger partial charge is 0.309 e. The molecule has 0 radical (unpaired) electrons. The van der Waals surface area contributed by atoms with Crippen LogP contribution in [-0.2, 0) is 4.79 Å². The first-order valence-electron chi connectivity index (χ1n) is 7.81. The fourth-order valence-electron chi connectivity index (χ4n) is 3.02. The molecular weight excluding hydrogens is 308 g/mol. The smallest absolute Gasteiger partial charge is 0.240 e. The van der Waals surface area contributed by atoms with Crippen LogP contribution in [0, 0.1) is 11.8 Å². The van der Waals surface area contributed by atoms with Crippen molar-refractivity contribution in [2.75, 3.05) is 6.54 Å². The highest BCUT2D eigenvalue weighted by molar-refractivity contribution is 6.31. The van der Waals surface area contributed by atoms with Gasteiger partial charge in [-0.1, -0.05) is 55.1 Å². The topological polar surface area (TPSA) is 32.3 Å². The molecule has 0 aromatic rings. The Balaban J connectivity index is 2.39. The zero-order valence-corrected chi connectivity index (χ0v) is 14.0. The van der Waals surface area contributed by atoms with Crippen LogP contribution in [0.3, 0.4) is 0 Å².